The van der Waals surface area contributed by atoms with Crippen molar-refractivity contribution in [3.05, 3.63) is 64.0 Å². The molecule has 0 N–H and O–H groups in total. The topological polar surface area (TPSA) is 72.4 Å². The Kier molecular flexibility index (Phi) is 4.39. The van der Waals surface area contributed by atoms with Gasteiger partial charge in [0.2, 0.25) is 5.89 Å². The van der Waals surface area contributed by atoms with Crippen LogP contribution in [-0.2, 0) is 0 Å². The number of piperidine rings is 1. The molecule has 132 valence electrons. The van der Waals surface area contributed by atoms with Gasteiger partial charge in [-0.1, -0.05) is 12.1 Å². The van der Waals surface area contributed by atoms with Gasteiger partial charge in [0.1, 0.15) is 5.52 Å². The molecule has 0 bridgehead atoms. The molecule has 0 saturated carbocycles. The maximum Gasteiger partial charge on any atom is 0.271 e. The normalized spacial score (nSPS) is 15.0. The molecule has 0 amide bonds. The number of nitro groups is 1. The van der Waals surface area contributed by atoms with Crippen molar-refractivity contribution in [2.45, 2.75) is 19.3 Å². The smallest absolute Gasteiger partial charge is 0.271 e. The Morgan fingerprint density at radius 2 is 1.81 bits per heavy atom. The Labute approximate surface area is 150 Å². The summed E-state index contributed by atoms with van der Waals surface area (Å²) in [6.07, 6.45) is 7.56. The predicted octanol–water partition coefficient (Wildman–Crippen LogP) is 4.90. The molecular weight excluding hydrogens is 330 g/mol. The molecule has 1 aliphatic rings. The molecule has 4 rings (SSSR count). The van der Waals surface area contributed by atoms with E-state index in [4.69, 9.17) is 4.42 Å². The average molecular weight is 349 g/mol. The minimum atomic E-state index is -0.437. The van der Waals surface area contributed by atoms with Crippen LogP contribution in [0, 0.1) is 10.1 Å². The standard InChI is InChI=1S/C20H19N3O3/c24-23(25)17-9-10-19-18(14-17)21-20(26-19)11-6-15-4-7-16(8-5-15)22-12-2-1-3-13-22/h4-11,14H,1-3,12-13H2/b11-6+. The second-order valence-corrected chi connectivity index (χ2v) is 6.43. The molecule has 0 unspecified atom stereocenters. The van der Waals surface area contributed by atoms with E-state index in [1.54, 1.807) is 12.1 Å². The van der Waals surface area contributed by atoms with Crippen molar-refractivity contribution in [1.82, 2.24) is 4.98 Å². The highest BCUT2D eigenvalue weighted by Crippen LogP contribution is 2.23. The Morgan fingerprint density at radius 1 is 1.04 bits per heavy atom. The molecule has 2 aromatic carbocycles. The van der Waals surface area contributed by atoms with E-state index in [-0.39, 0.29) is 5.69 Å². The first-order chi connectivity index (χ1) is 12.7. The van der Waals surface area contributed by atoms with Gasteiger partial charge in [0.05, 0.1) is 4.92 Å². The summed E-state index contributed by atoms with van der Waals surface area (Å²) in [5.74, 6) is 0.431. The number of non-ortho nitro benzene ring substituents is 1. The third-order valence-electron chi connectivity index (χ3n) is 4.63. The number of fused-ring (bicyclic) bond motifs is 1. The molecule has 0 spiro atoms. The van der Waals surface area contributed by atoms with Crippen molar-refractivity contribution in [2.75, 3.05) is 18.0 Å². The van der Waals surface area contributed by atoms with E-state index in [1.165, 1.54) is 37.1 Å². The number of hydrogen-bond donors (Lipinski definition) is 0. The van der Waals surface area contributed by atoms with Gasteiger partial charge in [-0.15, -0.1) is 0 Å². The Hall–Kier alpha value is -3.15. The Bertz CT molecular complexity index is 954. The summed E-state index contributed by atoms with van der Waals surface area (Å²) in [5.41, 5.74) is 3.35. The van der Waals surface area contributed by atoms with Gasteiger partial charge in [0.25, 0.3) is 5.69 Å². The Balaban J connectivity index is 1.50. The van der Waals surface area contributed by atoms with Gasteiger partial charge >= 0.3 is 0 Å². The van der Waals surface area contributed by atoms with Gasteiger partial charge in [-0.2, -0.15) is 0 Å². The lowest BCUT2D eigenvalue weighted by atomic mass is 10.1. The van der Waals surface area contributed by atoms with Crippen LogP contribution in [0.1, 0.15) is 30.7 Å². The minimum absolute atomic E-state index is 0.00892. The van der Waals surface area contributed by atoms with Crippen LogP contribution >= 0.6 is 0 Å². The summed E-state index contributed by atoms with van der Waals surface area (Å²) in [5, 5.41) is 10.8. The SMILES string of the molecule is O=[N+]([O-])c1ccc2oc(/C=C/c3ccc(N4CCCCC4)cc3)nc2c1. The number of anilines is 1. The molecule has 1 aliphatic heterocycles. The zero-order valence-corrected chi connectivity index (χ0v) is 14.3. The maximum atomic E-state index is 10.8. The molecule has 0 radical (unpaired) electrons. The summed E-state index contributed by atoms with van der Waals surface area (Å²) < 4.78 is 5.61. The second kappa shape index (κ2) is 7.00. The fourth-order valence-electron chi connectivity index (χ4n) is 3.23. The first-order valence-electron chi connectivity index (χ1n) is 8.77. The number of benzene rings is 2. The monoisotopic (exact) mass is 349 g/mol. The predicted molar refractivity (Wildman–Crippen MR) is 102 cm³/mol. The van der Waals surface area contributed by atoms with Gasteiger partial charge in [-0.3, -0.25) is 10.1 Å². The van der Waals surface area contributed by atoms with E-state index in [0.717, 1.165) is 18.7 Å². The summed E-state index contributed by atoms with van der Waals surface area (Å²) in [6, 6.07) is 12.8. The van der Waals surface area contributed by atoms with Crippen molar-refractivity contribution < 1.29 is 9.34 Å². The number of nitrogens with zero attached hydrogens (tertiary/aromatic N) is 3. The van der Waals surface area contributed by atoms with E-state index >= 15 is 0 Å². The molecule has 1 aromatic heterocycles. The Morgan fingerprint density at radius 3 is 2.54 bits per heavy atom. The highest BCUT2D eigenvalue weighted by Gasteiger charge is 2.11. The van der Waals surface area contributed by atoms with E-state index in [1.807, 2.05) is 6.08 Å². The first-order valence-corrected chi connectivity index (χ1v) is 8.77. The first kappa shape index (κ1) is 16.3. The molecule has 26 heavy (non-hydrogen) atoms. The van der Waals surface area contributed by atoms with E-state index in [2.05, 4.69) is 34.1 Å². The van der Waals surface area contributed by atoms with E-state index in [9.17, 15) is 10.1 Å². The molecule has 1 saturated heterocycles. The zero-order chi connectivity index (χ0) is 17.9. The third-order valence-corrected chi connectivity index (χ3v) is 4.63. The van der Waals surface area contributed by atoms with Gasteiger partial charge in [0.15, 0.2) is 5.58 Å². The lowest BCUT2D eigenvalue weighted by molar-refractivity contribution is -0.384. The molecular formula is C20H19N3O3. The number of rotatable bonds is 4. The summed E-state index contributed by atoms with van der Waals surface area (Å²) in [6.45, 7) is 2.26. The van der Waals surface area contributed by atoms with Crippen LogP contribution in [0.4, 0.5) is 11.4 Å². The molecule has 2 heterocycles. The van der Waals surface area contributed by atoms with Gasteiger partial charge in [-0.05, 0) is 49.1 Å². The molecule has 6 heteroatoms. The van der Waals surface area contributed by atoms with Crippen LogP contribution in [0.15, 0.2) is 46.9 Å². The molecule has 1 fully saturated rings. The fourth-order valence-corrected chi connectivity index (χ4v) is 3.23. The van der Waals surface area contributed by atoms with Crippen molar-refractivity contribution in [3.63, 3.8) is 0 Å². The van der Waals surface area contributed by atoms with Crippen LogP contribution in [0.2, 0.25) is 0 Å². The molecule has 6 nitrogen and oxygen atoms in total. The van der Waals surface area contributed by atoms with Crippen molar-refractivity contribution in [1.29, 1.82) is 0 Å². The number of oxazole rings is 1. The highest BCUT2D eigenvalue weighted by molar-refractivity contribution is 5.78. The van der Waals surface area contributed by atoms with Crippen molar-refractivity contribution >= 4 is 34.6 Å². The second-order valence-electron chi connectivity index (χ2n) is 6.43. The van der Waals surface area contributed by atoms with Crippen LogP contribution in [0.5, 0.6) is 0 Å². The quantitative estimate of drug-likeness (QED) is 0.495. The van der Waals surface area contributed by atoms with Crippen LogP contribution < -0.4 is 4.90 Å². The van der Waals surface area contributed by atoms with Gasteiger partial charge in [0, 0.05) is 37.0 Å². The number of nitro benzene ring substituents is 1. The highest BCUT2D eigenvalue weighted by atomic mass is 16.6. The molecule has 0 aliphatic carbocycles. The summed E-state index contributed by atoms with van der Waals surface area (Å²) in [7, 11) is 0. The summed E-state index contributed by atoms with van der Waals surface area (Å²) >= 11 is 0. The fraction of sp³-hybridized carbons (Fsp3) is 0.250. The summed E-state index contributed by atoms with van der Waals surface area (Å²) in [4.78, 5) is 17.1. The molecule has 0 atom stereocenters. The zero-order valence-electron chi connectivity index (χ0n) is 14.3. The van der Waals surface area contributed by atoms with Crippen molar-refractivity contribution in [2.24, 2.45) is 0 Å². The van der Waals surface area contributed by atoms with Crippen LogP contribution in [0.25, 0.3) is 23.3 Å². The van der Waals surface area contributed by atoms with Crippen molar-refractivity contribution in [3.8, 4) is 0 Å². The third kappa shape index (κ3) is 3.44. The number of hydrogen-bond acceptors (Lipinski definition) is 5. The largest absolute Gasteiger partial charge is 0.437 e. The lowest BCUT2D eigenvalue weighted by Crippen LogP contribution is -2.29. The number of aromatic nitrogens is 1. The van der Waals surface area contributed by atoms with E-state index in [0.29, 0.717) is 17.0 Å². The average Bonchev–Trinajstić information content (AvgIpc) is 3.09. The van der Waals surface area contributed by atoms with Crippen LogP contribution in [0.3, 0.4) is 0 Å². The van der Waals surface area contributed by atoms with Gasteiger partial charge < -0.3 is 9.32 Å². The molecule has 3 aromatic rings. The lowest BCUT2D eigenvalue weighted by Gasteiger charge is -2.28. The van der Waals surface area contributed by atoms with Crippen LogP contribution in [-0.4, -0.2) is 23.0 Å². The minimum Gasteiger partial charge on any atom is -0.437 e. The maximum absolute atomic E-state index is 10.8. The van der Waals surface area contributed by atoms with Gasteiger partial charge in [-0.25, -0.2) is 4.98 Å². The van der Waals surface area contributed by atoms with E-state index < -0.39 is 4.92 Å².